The molecule has 0 bridgehead atoms. The molecule has 2 atom stereocenters. The second-order valence-corrected chi connectivity index (χ2v) is 6.33. The Labute approximate surface area is 145 Å². The van der Waals surface area contributed by atoms with Crippen molar-refractivity contribution in [1.29, 1.82) is 0 Å². The summed E-state index contributed by atoms with van der Waals surface area (Å²) >= 11 is 0. The number of fused-ring (bicyclic) bond motifs is 1. The molecule has 6 heteroatoms. The van der Waals surface area contributed by atoms with Gasteiger partial charge in [-0.1, -0.05) is 43.3 Å². The molecule has 4 rings (SSSR count). The van der Waals surface area contributed by atoms with Crippen molar-refractivity contribution in [2.75, 3.05) is 11.1 Å². The van der Waals surface area contributed by atoms with Gasteiger partial charge in [-0.2, -0.15) is 4.98 Å². The first-order valence-electron chi connectivity index (χ1n) is 8.47. The van der Waals surface area contributed by atoms with Gasteiger partial charge in [-0.05, 0) is 41.7 Å². The van der Waals surface area contributed by atoms with Crippen LogP contribution in [0.15, 0.2) is 48.5 Å². The Morgan fingerprint density at radius 1 is 1.12 bits per heavy atom. The fraction of sp³-hybridized carbons (Fsp3) is 0.263. The van der Waals surface area contributed by atoms with Gasteiger partial charge in [0.2, 0.25) is 11.9 Å². The Hall–Kier alpha value is -2.89. The Balaban J connectivity index is 1.72. The van der Waals surface area contributed by atoms with Crippen LogP contribution in [0.2, 0.25) is 0 Å². The largest absolute Gasteiger partial charge is 0.366 e. The third-order valence-corrected chi connectivity index (χ3v) is 4.75. The SMILES string of the molecule is CCc1ccc([C@@H]2C[C@@H](c3ccc(F)cc3)Nc3nc(N)nn32)cc1. The van der Waals surface area contributed by atoms with E-state index < -0.39 is 0 Å². The number of halogens is 1. The Morgan fingerprint density at radius 3 is 2.48 bits per heavy atom. The smallest absolute Gasteiger partial charge is 0.241 e. The van der Waals surface area contributed by atoms with Gasteiger partial charge in [-0.25, -0.2) is 9.07 Å². The molecule has 0 aliphatic carbocycles. The number of aromatic nitrogens is 3. The number of nitrogens with one attached hydrogen (secondary N) is 1. The van der Waals surface area contributed by atoms with Crippen molar-refractivity contribution in [1.82, 2.24) is 14.8 Å². The van der Waals surface area contributed by atoms with Crippen LogP contribution in [-0.2, 0) is 6.42 Å². The van der Waals surface area contributed by atoms with Crippen molar-refractivity contribution >= 4 is 11.9 Å². The Kier molecular flexibility index (Phi) is 3.87. The van der Waals surface area contributed by atoms with Gasteiger partial charge >= 0.3 is 0 Å². The molecule has 0 saturated heterocycles. The minimum absolute atomic E-state index is 0.0209. The number of anilines is 2. The summed E-state index contributed by atoms with van der Waals surface area (Å²) in [5, 5.41) is 7.72. The second-order valence-electron chi connectivity index (χ2n) is 6.33. The molecule has 0 fully saturated rings. The minimum Gasteiger partial charge on any atom is -0.366 e. The molecule has 5 nitrogen and oxygen atoms in total. The van der Waals surface area contributed by atoms with Gasteiger partial charge in [0.05, 0.1) is 12.1 Å². The summed E-state index contributed by atoms with van der Waals surface area (Å²) in [5.41, 5.74) is 9.29. The first kappa shape index (κ1) is 15.6. The fourth-order valence-corrected chi connectivity index (χ4v) is 3.36. The maximum Gasteiger partial charge on any atom is 0.241 e. The van der Waals surface area contributed by atoms with E-state index in [0.29, 0.717) is 5.95 Å². The zero-order valence-corrected chi connectivity index (χ0v) is 14.0. The molecular formula is C19H20FN5. The quantitative estimate of drug-likeness (QED) is 0.764. The normalized spacial score (nSPS) is 19.3. The highest BCUT2D eigenvalue weighted by molar-refractivity contribution is 5.42. The highest BCUT2D eigenvalue weighted by Crippen LogP contribution is 2.38. The van der Waals surface area contributed by atoms with Crippen LogP contribution in [0, 0.1) is 5.82 Å². The number of aryl methyl sites for hydroxylation is 1. The number of hydrogen-bond acceptors (Lipinski definition) is 4. The van der Waals surface area contributed by atoms with Gasteiger partial charge in [0.15, 0.2) is 0 Å². The molecular weight excluding hydrogens is 317 g/mol. The van der Waals surface area contributed by atoms with E-state index in [-0.39, 0.29) is 23.8 Å². The summed E-state index contributed by atoms with van der Waals surface area (Å²) in [6, 6.07) is 15.2. The van der Waals surface area contributed by atoms with E-state index >= 15 is 0 Å². The van der Waals surface area contributed by atoms with E-state index in [1.165, 1.54) is 17.7 Å². The van der Waals surface area contributed by atoms with Gasteiger partial charge in [-0.15, -0.1) is 5.10 Å². The molecule has 0 spiro atoms. The summed E-state index contributed by atoms with van der Waals surface area (Å²) in [6.45, 7) is 2.14. The summed E-state index contributed by atoms with van der Waals surface area (Å²) in [4.78, 5) is 4.30. The van der Waals surface area contributed by atoms with E-state index in [1.807, 2.05) is 4.68 Å². The number of nitrogen functional groups attached to an aromatic ring is 1. The van der Waals surface area contributed by atoms with E-state index in [9.17, 15) is 4.39 Å². The molecule has 0 unspecified atom stereocenters. The molecule has 0 amide bonds. The topological polar surface area (TPSA) is 68.8 Å². The predicted octanol–water partition coefficient (Wildman–Crippen LogP) is 3.71. The third kappa shape index (κ3) is 2.95. The van der Waals surface area contributed by atoms with Crippen molar-refractivity contribution in [3.8, 4) is 0 Å². The minimum atomic E-state index is -0.237. The monoisotopic (exact) mass is 337 g/mol. The van der Waals surface area contributed by atoms with Crippen LogP contribution in [0.25, 0.3) is 0 Å². The van der Waals surface area contributed by atoms with Crippen LogP contribution in [0.3, 0.4) is 0 Å². The third-order valence-electron chi connectivity index (χ3n) is 4.75. The van der Waals surface area contributed by atoms with Crippen molar-refractivity contribution in [3.63, 3.8) is 0 Å². The molecule has 3 aromatic rings. The van der Waals surface area contributed by atoms with Gasteiger partial charge in [0.1, 0.15) is 5.82 Å². The van der Waals surface area contributed by atoms with E-state index in [4.69, 9.17) is 5.73 Å². The summed E-state index contributed by atoms with van der Waals surface area (Å²) in [7, 11) is 0. The van der Waals surface area contributed by atoms with E-state index in [0.717, 1.165) is 24.0 Å². The highest BCUT2D eigenvalue weighted by Gasteiger charge is 2.30. The molecule has 128 valence electrons. The molecule has 0 radical (unpaired) electrons. The lowest BCUT2D eigenvalue weighted by Gasteiger charge is -2.31. The van der Waals surface area contributed by atoms with Crippen molar-refractivity contribution in [2.45, 2.75) is 31.8 Å². The number of rotatable bonds is 3. The molecule has 1 aliphatic heterocycles. The molecule has 3 N–H and O–H groups in total. The number of nitrogens with zero attached hydrogens (tertiary/aromatic N) is 3. The predicted molar refractivity (Wildman–Crippen MR) is 95.8 cm³/mol. The first-order chi connectivity index (χ1) is 12.1. The second kappa shape index (κ2) is 6.20. The molecule has 25 heavy (non-hydrogen) atoms. The number of benzene rings is 2. The zero-order chi connectivity index (χ0) is 17.4. The number of hydrogen-bond donors (Lipinski definition) is 2. The zero-order valence-electron chi connectivity index (χ0n) is 14.0. The van der Waals surface area contributed by atoms with E-state index in [2.05, 4.69) is 46.6 Å². The van der Waals surface area contributed by atoms with Crippen LogP contribution in [0.4, 0.5) is 16.3 Å². The average Bonchev–Trinajstić information content (AvgIpc) is 3.01. The van der Waals surface area contributed by atoms with Crippen molar-refractivity contribution in [3.05, 3.63) is 71.0 Å². The lowest BCUT2D eigenvalue weighted by molar-refractivity contribution is 0.431. The van der Waals surface area contributed by atoms with E-state index in [1.54, 1.807) is 12.1 Å². The Bertz CT molecular complexity index is 870. The van der Waals surface area contributed by atoms with Crippen molar-refractivity contribution in [2.24, 2.45) is 0 Å². The number of nitrogens with two attached hydrogens (primary N) is 1. The van der Waals surface area contributed by atoms with Crippen LogP contribution in [-0.4, -0.2) is 14.8 Å². The maximum absolute atomic E-state index is 13.2. The fourth-order valence-electron chi connectivity index (χ4n) is 3.36. The molecule has 2 heterocycles. The standard InChI is InChI=1S/C19H20FN5/c1-2-12-3-5-14(6-4-12)17-11-16(13-7-9-15(20)10-8-13)22-19-23-18(21)24-25(17)19/h3-10,16-17H,2,11H2,1H3,(H3,21,22,23,24)/t16-,17-/m0/s1. The van der Waals surface area contributed by atoms with Gasteiger partial charge in [0, 0.05) is 0 Å². The highest BCUT2D eigenvalue weighted by atomic mass is 19.1. The lowest BCUT2D eigenvalue weighted by Crippen LogP contribution is -2.28. The molecule has 1 aromatic heterocycles. The van der Waals surface area contributed by atoms with Crippen LogP contribution >= 0.6 is 0 Å². The van der Waals surface area contributed by atoms with Crippen LogP contribution in [0.1, 0.15) is 42.1 Å². The van der Waals surface area contributed by atoms with Gasteiger partial charge in [0.25, 0.3) is 0 Å². The molecule has 0 saturated carbocycles. The first-order valence-corrected chi connectivity index (χ1v) is 8.47. The Morgan fingerprint density at radius 2 is 1.80 bits per heavy atom. The average molecular weight is 337 g/mol. The van der Waals surface area contributed by atoms with Crippen LogP contribution in [0.5, 0.6) is 0 Å². The van der Waals surface area contributed by atoms with Gasteiger partial charge < -0.3 is 11.1 Å². The summed E-state index contributed by atoms with van der Waals surface area (Å²) in [6.07, 6.45) is 1.79. The van der Waals surface area contributed by atoms with Crippen molar-refractivity contribution < 1.29 is 4.39 Å². The lowest BCUT2D eigenvalue weighted by atomic mass is 9.93. The molecule has 2 aromatic carbocycles. The maximum atomic E-state index is 13.2. The van der Waals surface area contributed by atoms with Gasteiger partial charge in [-0.3, -0.25) is 0 Å². The summed E-state index contributed by atoms with van der Waals surface area (Å²) < 4.78 is 15.1. The molecule has 1 aliphatic rings. The van der Waals surface area contributed by atoms with Crippen LogP contribution < -0.4 is 11.1 Å². The summed E-state index contributed by atoms with van der Waals surface area (Å²) in [5.74, 6) is 0.652.